The lowest BCUT2D eigenvalue weighted by atomic mass is 10.1. The van der Waals surface area contributed by atoms with Crippen molar-refractivity contribution in [2.24, 2.45) is 11.3 Å². The average Bonchev–Trinajstić information content (AvgIpc) is 2.96. The van der Waals surface area contributed by atoms with Gasteiger partial charge in [-0.25, -0.2) is 4.79 Å². The quantitative estimate of drug-likeness (QED) is 0.831. The number of carboxylic acids is 1. The second-order valence-corrected chi connectivity index (χ2v) is 5.31. The van der Waals surface area contributed by atoms with Gasteiger partial charge in [0.05, 0.1) is 5.92 Å². The van der Waals surface area contributed by atoms with Crippen LogP contribution in [0.25, 0.3) is 0 Å². The Labute approximate surface area is 106 Å². The number of ether oxygens (including phenoxy) is 1. The third-order valence-corrected chi connectivity index (χ3v) is 3.36. The third-order valence-electron chi connectivity index (χ3n) is 3.36. The van der Waals surface area contributed by atoms with Crippen LogP contribution in [0.15, 0.2) is 30.3 Å². The molecule has 1 aromatic carbocycles. The lowest BCUT2D eigenvalue weighted by molar-refractivity contribution is -0.166. The Balaban J connectivity index is 2.09. The third kappa shape index (κ3) is 2.53. The largest absolute Gasteiger partial charge is 0.478 e. The van der Waals surface area contributed by atoms with Crippen LogP contribution in [0, 0.1) is 11.3 Å². The summed E-state index contributed by atoms with van der Waals surface area (Å²) in [5.74, 6) is -1.74. The standard InChI is InChI=1S/C14H16O4/c1-14(2)8-10(14)13(17)18-11(12(15)16)9-6-4-3-5-7-9/h3-7,10-11H,8H2,1-2H3,(H,15,16). The molecule has 18 heavy (non-hydrogen) atoms. The molecule has 1 aliphatic carbocycles. The number of carbonyl (C=O) groups is 2. The first kappa shape index (κ1) is 12.6. The van der Waals surface area contributed by atoms with E-state index in [1.165, 1.54) is 0 Å². The summed E-state index contributed by atoms with van der Waals surface area (Å²) in [6.45, 7) is 3.94. The van der Waals surface area contributed by atoms with Crippen molar-refractivity contribution in [3.8, 4) is 0 Å². The molecular formula is C14H16O4. The number of hydrogen-bond acceptors (Lipinski definition) is 3. The summed E-state index contributed by atoms with van der Waals surface area (Å²) in [4.78, 5) is 23.0. The highest BCUT2D eigenvalue weighted by Gasteiger charge is 2.52. The molecule has 0 saturated heterocycles. The molecule has 0 radical (unpaired) electrons. The smallest absolute Gasteiger partial charge is 0.349 e. The van der Waals surface area contributed by atoms with E-state index >= 15 is 0 Å². The predicted molar refractivity (Wildman–Crippen MR) is 64.8 cm³/mol. The van der Waals surface area contributed by atoms with E-state index in [1.807, 2.05) is 13.8 Å². The summed E-state index contributed by atoms with van der Waals surface area (Å²) in [7, 11) is 0. The van der Waals surface area contributed by atoms with Crippen LogP contribution in [0.5, 0.6) is 0 Å². The molecule has 0 bridgehead atoms. The Bertz CT molecular complexity index is 464. The van der Waals surface area contributed by atoms with Gasteiger partial charge in [-0.2, -0.15) is 0 Å². The molecule has 1 aliphatic rings. The molecule has 1 N–H and O–H groups in total. The highest BCUT2D eigenvalue weighted by molar-refractivity contribution is 5.82. The van der Waals surface area contributed by atoms with E-state index in [4.69, 9.17) is 9.84 Å². The van der Waals surface area contributed by atoms with E-state index in [-0.39, 0.29) is 11.3 Å². The van der Waals surface area contributed by atoms with Gasteiger partial charge in [-0.3, -0.25) is 4.79 Å². The van der Waals surface area contributed by atoms with Crippen LogP contribution in [0.4, 0.5) is 0 Å². The normalized spacial score (nSPS) is 22.0. The van der Waals surface area contributed by atoms with Crippen LogP contribution in [0.3, 0.4) is 0 Å². The maximum Gasteiger partial charge on any atom is 0.349 e. The molecule has 0 aliphatic heterocycles. The molecule has 0 spiro atoms. The van der Waals surface area contributed by atoms with E-state index in [0.717, 1.165) is 6.42 Å². The molecule has 4 nitrogen and oxygen atoms in total. The lowest BCUT2D eigenvalue weighted by Gasteiger charge is -2.14. The topological polar surface area (TPSA) is 63.6 Å². The van der Waals surface area contributed by atoms with Crippen molar-refractivity contribution in [1.29, 1.82) is 0 Å². The van der Waals surface area contributed by atoms with Gasteiger partial charge in [0.1, 0.15) is 0 Å². The van der Waals surface area contributed by atoms with E-state index in [9.17, 15) is 9.59 Å². The highest BCUT2D eigenvalue weighted by Crippen LogP contribution is 2.52. The molecule has 2 rings (SSSR count). The Hall–Kier alpha value is -1.84. The first-order chi connectivity index (χ1) is 8.42. The van der Waals surface area contributed by atoms with Gasteiger partial charge in [-0.05, 0) is 11.8 Å². The van der Waals surface area contributed by atoms with Crippen LogP contribution in [-0.2, 0) is 14.3 Å². The van der Waals surface area contributed by atoms with E-state index in [0.29, 0.717) is 5.56 Å². The summed E-state index contributed by atoms with van der Waals surface area (Å²) in [5.41, 5.74) is 0.424. The second-order valence-electron chi connectivity index (χ2n) is 5.31. The predicted octanol–water partition coefficient (Wildman–Crippen LogP) is 2.40. The maximum atomic E-state index is 11.8. The van der Waals surface area contributed by atoms with Gasteiger partial charge in [0.15, 0.2) is 0 Å². The molecule has 0 heterocycles. The van der Waals surface area contributed by atoms with Crippen LogP contribution >= 0.6 is 0 Å². The van der Waals surface area contributed by atoms with Crippen LogP contribution in [0.1, 0.15) is 31.9 Å². The Morgan fingerprint density at radius 1 is 1.33 bits per heavy atom. The zero-order valence-electron chi connectivity index (χ0n) is 10.4. The fraction of sp³-hybridized carbons (Fsp3) is 0.429. The summed E-state index contributed by atoms with van der Waals surface area (Å²) in [6.07, 6.45) is -0.456. The first-order valence-corrected chi connectivity index (χ1v) is 5.90. The van der Waals surface area contributed by atoms with Crippen LogP contribution < -0.4 is 0 Å². The lowest BCUT2D eigenvalue weighted by Crippen LogP contribution is -2.21. The first-order valence-electron chi connectivity index (χ1n) is 5.90. The molecule has 1 saturated carbocycles. The van der Waals surface area contributed by atoms with Crippen molar-refractivity contribution in [3.05, 3.63) is 35.9 Å². The van der Waals surface area contributed by atoms with Crippen molar-refractivity contribution in [1.82, 2.24) is 0 Å². The number of rotatable bonds is 4. The molecule has 2 atom stereocenters. The molecule has 96 valence electrons. The number of aliphatic carboxylic acids is 1. The maximum absolute atomic E-state index is 11.8. The van der Waals surface area contributed by atoms with Gasteiger partial charge >= 0.3 is 11.9 Å². The van der Waals surface area contributed by atoms with Gasteiger partial charge in [0.2, 0.25) is 6.10 Å². The molecule has 0 amide bonds. The highest BCUT2D eigenvalue weighted by atomic mass is 16.6. The minimum atomic E-state index is -1.21. The summed E-state index contributed by atoms with van der Waals surface area (Å²) < 4.78 is 5.12. The van der Waals surface area contributed by atoms with E-state index < -0.39 is 18.0 Å². The van der Waals surface area contributed by atoms with Gasteiger partial charge in [-0.15, -0.1) is 0 Å². The molecule has 0 aromatic heterocycles. The number of carboxylic acid groups (broad SMARTS) is 1. The van der Waals surface area contributed by atoms with Crippen molar-refractivity contribution in [2.45, 2.75) is 26.4 Å². The number of hydrogen-bond donors (Lipinski definition) is 1. The zero-order chi connectivity index (χ0) is 13.3. The van der Waals surface area contributed by atoms with Crippen molar-refractivity contribution >= 4 is 11.9 Å². The van der Waals surface area contributed by atoms with Crippen LogP contribution in [0.2, 0.25) is 0 Å². The molecule has 1 fully saturated rings. The molecular weight excluding hydrogens is 232 g/mol. The number of carbonyl (C=O) groups excluding carboxylic acids is 1. The number of benzene rings is 1. The fourth-order valence-corrected chi connectivity index (χ4v) is 1.96. The van der Waals surface area contributed by atoms with Crippen molar-refractivity contribution in [3.63, 3.8) is 0 Å². The minimum absolute atomic E-state index is 0.0587. The van der Waals surface area contributed by atoms with Gasteiger partial charge < -0.3 is 9.84 Å². The minimum Gasteiger partial charge on any atom is -0.478 e. The van der Waals surface area contributed by atoms with E-state index in [2.05, 4.69) is 0 Å². The second kappa shape index (κ2) is 4.44. The average molecular weight is 248 g/mol. The summed E-state index contributed by atoms with van der Waals surface area (Å²) >= 11 is 0. The Morgan fingerprint density at radius 2 is 1.89 bits per heavy atom. The zero-order valence-corrected chi connectivity index (χ0v) is 10.4. The number of esters is 1. The Kier molecular flexibility index (Phi) is 3.11. The van der Waals surface area contributed by atoms with E-state index in [1.54, 1.807) is 30.3 Å². The molecule has 4 heteroatoms. The van der Waals surface area contributed by atoms with Gasteiger partial charge in [0, 0.05) is 5.56 Å². The summed E-state index contributed by atoms with van der Waals surface area (Å²) in [5, 5.41) is 9.13. The van der Waals surface area contributed by atoms with Crippen molar-refractivity contribution in [2.75, 3.05) is 0 Å². The van der Waals surface area contributed by atoms with Gasteiger partial charge in [-0.1, -0.05) is 44.2 Å². The molecule has 2 unspecified atom stereocenters. The van der Waals surface area contributed by atoms with Crippen molar-refractivity contribution < 1.29 is 19.4 Å². The summed E-state index contributed by atoms with van der Waals surface area (Å²) in [6, 6.07) is 8.52. The fourth-order valence-electron chi connectivity index (χ4n) is 1.96. The molecule has 1 aromatic rings. The van der Waals surface area contributed by atoms with Gasteiger partial charge in [0.25, 0.3) is 0 Å². The Morgan fingerprint density at radius 3 is 2.33 bits per heavy atom. The monoisotopic (exact) mass is 248 g/mol. The van der Waals surface area contributed by atoms with Crippen LogP contribution in [-0.4, -0.2) is 17.0 Å². The SMILES string of the molecule is CC1(C)CC1C(=O)OC(C(=O)O)c1ccccc1.